The van der Waals surface area contributed by atoms with Crippen molar-refractivity contribution in [3.63, 3.8) is 0 Å². The van der Waals surface area contributed by atoms with E-state index in [0.717, 1.165) is 0 Å². The van der Waals surface area contributed by atoms with Crippen LogP contribution < -0.4 is 0 Å². The number of hydrogen-bond donors (Lipinski definition) is 0. The van der Waals surface area contributed by atoms with Gasteiger partial charge in [-0.25, -0.2) is 9.18 Å². The zero-order valence-corrected chi connectivity index (χ0v) is 9.58. The molecule has 0 N–H and O–H groups in total. The Bertz CT molecular complexity index is 546. The monoisotopic (exact) mass is 247 g/mol. The van der Waals surface area contributed by atoms with Crippen LogP contribution in [0.3, 0.4) is 0 Å². The maximum atomic E-state index is 12.9. The van der Waals surface area contributed by atoms with E-state index in [9.17, 15) is 9.18 Å². The largest absolute Gasteiger partial charge is 0.466 e. The van der Waals surface area contributed by atoms with Crippen molar-refractivity contribution >= 4 is 12.0 Å². The maximum Gasteiger partial charge on any atom is 0.340 e. The summed E-state index contributed by atoms with van der Waals surface area (Å²) in [6.07, 6.45) is 4.32. The maximum absolute atomic E-state index is 12.9. The lowest BCUT2D eigenvalue weighted by Crippen LogP contribution is -2.01. The smallest absolute Gasteiger partial charge is 0.340 e. The molecule has 0 fully saturated rings. The van der Waals surface area contributed by atoms with Gasteiger partial charge in [-0.15, -0.1) is 0 Å². The Kier molecular flexibility index (Phi) is 5.15. The highest BCUT2D eigenvalue weighted by Gasteiger charge is 2.04. The summed E-state index contributed by atoms with van der Waals surface area (Å²) in [5.41, 5.74) is 8.72. The van der Waals surface area contributed by atoms with Gasteiger partial charge in [-0.2, -0.15) is 0 Å². The molecule has 0 aliphatic heterocycles. The Labute approximate surface area is 103 Å². The van der Waals surface area contributed by atoms with Gasteiger partial charge in [0.25, 0.3) is 0 Å². The van der Waals surface area contributed by atoms with Gasteiger partial charge in [-0.1, -0.05) is 29.4 Å². The minimum Gasteiger partial charge on any atom is -0.466 e. The summed E-state index contributed by atoms with van der Waals surface area (Å²) in [6.45, 7) is 0. The molecule has 0 bridgehead atoms. The van der Waals surface area contributed by atoms with Crippen molar-refractivity contribution in [2.45, 2.75) is 0 Å². The number of carbonyl (C=O) groups is 1. The SMILES string of the molecule is COC(=O)/C(=C/C=C/c1cccc(F)c1)N=[N+]=[N-]. The summed E-state index contributed by atoms with van der Waals surface area (Å²) in [7, 11) is 1.18. The minimum absolute atomic E-state index is 0.173. The molecule has 0 saturated heterocycles. The summed E-state index contributed by atoms with van der Waals surface area (Å²) >= 11 is 0. The Morgan fingerprint density at radius 3 is 2.94 bits per heavy atom. The van der Waals surface area contributed by atoms with Gasteiger partial charge in [-0.05, 0) is 29.3 Å². The van der Waals surface area contributed by atoms with Crippen LogP contribution in [0.2, 0.25) is 0 Å². The molecule has 1 aromatic carbocycles. The Hall–Kier alpha value is -2.59. The molecule has 1 rings (SSSR count). The van der Waals surface area contributed by atoms with E-state index in [1.54, 1.807) is 18.2 Å². The fourth-order valence-electron chi connectivity index (χ4n) is 1.16. The van der Waals surface area contributed by atoms with Crippen molar-refractivity contribution in [1.82, 2.24) is 0 Å². The van der Waals surface area contributed by atoms with Gasteiger partial charge in [0.1, 0.15) is 11.5 Å². The highest BCUT2D eigenvalue weighted by atomic mass is 19.1. The molecule has 6 heteroatoms. The number of nitrogens with zero attached hydrogens (tertiary/aromatic N) is 3. The molecule has 0 atom stereocenters. The molecule has 0 radical (unpaired) electrons. The number of halogens is 1. The average Bonchev–Trinajstić information content (AvgIpc) is 2.37. The zero-order valence-electron chi connectivity index (χ0n) is 9.58. The van der Waals surface area contributed by atoms with Crippen LogP contribution in [-0.2, 0) is 9.53 Å². The van der Waals surface area contributed by atoms with Gasteiger partial charge in [0.15, 0.2) is 0 Å². The van der Waals surface area contributed by atoms with Crippen molar-refractivity contribution in [2.75, 3.05) is 7.11 Å². The van der Waals surface area contributed by atoms with Crippen LogP contribution >= 0.6 is 0 Å². The Morgan fingerprint density at radius 1 is 1.56 bits per heavy atom. The second-order valence-corrected chi connectivity index (χ2v) is 3.15. The Balaban J connectivity index is 2.88. The first-order valence-electron chi connectivity index (χ1n) is 4.94. The normalized spacial score (nSPS) is 11.1. The van der Waals surface area contributed by atoms with E-state index in [4.69, 9.17) is 5.53 Å². The number of hydrogen-bond acceptors (Lipinski definition) is 3. The summed E-state index contributed by atoms with van der Waals surface area (Å²) in [6, 6.07) is 5.91. The van der Waals surface area contributed by atoms with E-state index in [1.165, 1.54) is 31.4 Å². The number of ether oxygens (including phenoxy) is 1. The van der Waals surface area contributed by atoms with Gasteiger partial charge >= 0.3 is 5.97 Å². The molecular weight excluding hydrogens is 237 g/mol. The van der Waals surface area contributed by atoms with Crippen LogP contribution in [0.25, 0.3) is 16.5 Å². The number of esters is 1. The quantitative estimate of drug-likeness (QED) is 0.204. The lowest BCUT2D eigenvalue weighted by molar-refractivity contribution is -0.136. The molecular formula is C12H10FN3O2. The summed E-state index contributed by atoms with van der Waals surface area (Å²) in [4.78, 5) is 13.7. The predicted octanol–water partition coefficient (Wildman–Crippen LogP) is 3.21. The second kappa shape index (κ2) is 6.88. The summed E-state index contributed by atoms with van der Waals surface area (Å²) in [5, 5.41) is 3.19. The first kappa shape index (κ1) is 13.5. The van der Waals surface area contributed by atoms with Crippen molar-refractivity contribution < 1.29 is 13.9 Å². The number of rotatable bonds is 4. The van der Waals surface area contributed by atoms with Crippen LogP contribution in [0, 0.1) is 5.82 Å². The molecule has 0 unspecified atom stereocenters. The summed E-state index contributed by atoms with van der Waals surface area (Å²) < 4.78 is 17.3. The van der Waals surface area contributed by atoms with Crippen LogP contribution in [0.5, 0.6) is 0 Å². The number of azide groups is 1. The molecule has 1 aromatic rings. The first-order chi connectivity index (χ1) is 8.67. The van der Waals surface area contributed by atoms with Crippen molar-refractivity contribution in [3.8, 4) is 0 Å². The number of methoxy groups -OCH3 is 1. The third-order valence-corrected chi connectivity index (χ3v) is 1.94. The van der Waals surface area contributed by atoms with E-state index in [0.29, 0.717) is 5.56 Å². The fraction of sp³-hybridized carbons (Fsp3) is 0.0833. The van der Waals surface area contributed by atoms with E-state index in [2.05, 4.69) is 14.8 Å². The predicted molar refractivity (Wildman–Crippen MR) is 64.7 cm³/mol. The lowest BCUT2D eigenvalue weighted by Gasteiger charge is -1.95. The topological polar surface area (TPSA) is 75.1 Å². The van der Waals surface area contributed by atoms with Crippen LogP contribution in [0.15, 0.2) is 47.2 Å². The highest BCUT2D eigenvalue weighted by Crippen LogP contribution is 2.07. The van der Waals surface area contributed by atoms with E-state index >= 15 is 0 Å². The molecule has 0 saturated carbocycles. The summed E-state index contributed by atoms with van der Waals surface area (Å²) in [5.74, 6) is -1.10. The fourth-order valence-corrected chi connectivity index (χ4v) is 1.16. The molecule has 0 amide bonds. The van der Waals surface area contributed by atoms with Gasteiger partial charge in [0, 0.05) is 4.91 Å². The standard InChI is InChI=1S/C12H10FN3O2/c1-18-12(17)11(15-16-14)7-3-5-9-4-2-6-10(13)8-9/h2-8H,1H3/b5-3+,11-7-. The minimum atomic E-state index is -0.739. The molecule has 18 heavy (non-hydrogen) atoms. The van der Waals surface area contributed by atoms with Crippen LogP contribution in [-0.4, -0.2) is 13.1 Å². The van der Waals surface area contributed by atoms with Gasteiger partial charge in [0.2, 0.25) is 0 Å². The molecule has 5 nitrogen and oxygen atoms in total. The molecule has 0 aliphatic rings. The molecule has 0 aromatic heterocycles. The average molecular weight is 247 g/mol. The molecule has 0 spiro atoms. The van der Waals surface area contributed by atoms with Crippen molar-refractivity contribution in [3.05, 3.63) is 63.9 Å². The zero-order chi connectivity index (χ0) is 13.4. The highest BCUT2D eigenvalue weighted by molar-refractivity contribution is 5.88. The molecule has 0 heterocycles. The third kappa shape index (κ3) is 4.11. The number of benzene rings is 1. The Morgan fingerprint density at radius 2 is 2.33 bits per heavy atom. The number of allylic oxidation sites excluding steroid dienone is 2. The molecule has 92 valence electrons. The third-order valence-electron chi connectivity index (χ3n) is 1.94. The lowest BCUT2D eigenvalue weighted by atomic mass is 10.2. The van der Waals surface area contributed by atoms with Gasteiger partial charge in [-0.3, -0.25) is 0 Å². The molecule has 0 aliphatic carbocycles. The first-order valence-corrected chi connectivity index (χ1v) is 4.94. The van der Waals surface area contributed by atoms with Crippen molar-refractivity contribution in [1.29, 1.82) is 0 Å². The number of carbonyl (C=O) groups excluding carboxylic acids is 1. The van der Waals surface area contributed by atoms with E-state index in [1.807, 2.05) is 0 Å². The van der Waals surface area contributed by atoms with Crippen LogP contribution in [0.1, 0.15) is 5.56 Å². The van der Waals surface area contributed by atoms with Gasteiger partial charge < -0.3 is 4.74 Å². The van der Waals surface area contributed by atoms with E-state index in [-0.39, 0.29) is 11.5 Å². The van der Waals surface area contributed by atoms with Crippen molar-refractivity contribution in [2.24, 2.45) is 5.11 Å². The van der Waals surface area contributed by atoms with Gasteiger partial charge in [0.05, 0.1) is 7.11 Å². The second-order valence-electron chi connectivity index (χ2n) is 3.15. The van der Waals surface area contributed by atoms with E-state index < -0.39 is 5.97 Å². The van der Waals surface area contributed by atoms with Crippen LogP contribution in [0.4, 0.5) is 4.39 Å².